The third-order valence-electron chi connectivity index (χ3n) is 2.76. The van der Waals surface area contributed by atoms with Gasteiger partial charge in [0.25, 0.3) is 5.56 Å². The van der Waals surface area contributed by atoms with Crippen molar-refractivity contribution in [2.75, 3.05) is 11.9 Å². The number of nitrogens with zero attached hydrogens (tertiary/aromatic N) is 1. The molecule has 2 rings (SSSR count). The summed E-state index contributed by atoms with van der Waals surface area (Å²) in [4.78, 5) is 24.3. The van der Waals surface area contributed by atoms with Gasteiger partial charge in [0, 0.05) is 12.6 Å². The largest absolute Gasteiger partial charge is 0.376 e. The Labute approximate surface area is 96.6 Å². The Hall–Kier alpha value is -1.67. The topological polar surface area (TPSA) is 126 Å². The molecule has 3 unspecified atom stereocenters. The summed E-state index contributed by atoms with van der Waals surface area (Å²) < 4.78 is 5.44. The van der Waals surface area contributed by atoms with Crippen LogP contribution in [-0.2, 0) is 4.74 Å². The molecule has 1 aliphatic carbocycles. The lowest BCUT2D eigenvalue weighted by molar-refractivity contribution is -0.0127. The predicted octanol–water partition coefficient (Wildman–Crippen LogP) is -1.63. The summed E-state index contributed by atoms with van der Waals surface area (Å²) in [6.45, 7) is 2.48. The van der Waals surface area contributed by atoms with Gasteiger partial charge in [-0.05, 0) is 13.3 Å². The molecule has 1 saturated carbocycles. The normalized spacial score (nSPS) is 27.5. The molecule has 0 aromatic carbocycles. The number of hydrogen-bond donors (Lipinski definition) is 4. The summed E-state index contributed by atoms with van der Waals surface area (Å²) in [6, 6.07) is -0.242. The Kier molecular flexibility index (Phi) is 3.25. The summed E-state index contributed by atoms with van der Waals surface area (Å²) >= 11 is 0. The van der Waals surface area contributed by atoms with Crippen LogP contribution in [0.2, 0.25) is 0 Å². The first kappa shape index (κ1) is 11.8. The number of H-pyrrole nitrogens is 2. The number of aromatic amines is 2. The molecule has 1 aliphatic rings. The Bertz CT molecular complexity index is 494. The molecule has 0 saturated heterocycles. The Morgan fingerprint density at radius 1 is 1.59 bits per heavy atom. The lowest BCUT2D eigenvalue weighted by atomic mass is 9.83. The van der Waals surface area contributed by atoms with Crippen molar-refractivity contribution in [3.05, 3.63) is 20.8 Å². The maximum Gasteiger partial charge on any atom is 0.342 e. The van der Waals surface area contributed by atoms with E-state index < -0.39 is 11.2 Å². The molecule has 8 heteroatoms. The summed E-state index contributed by atoms with van der Waals surface area (Å²) in [5, 5.41) is 8.66. The van der Waals surface area contributed by atoms with E-state index in [-0.39, 0.29) is 24.0 Å². The van der Waals surface area contributed by atoms with Crippen LogP contribution in [0.3, 0.4) is 0 Å². The lowest BCUT2D eigenvalue weighted by Gasteiger charge is -2.42. The zero-order valence-electron chi connectivity index (χ0n) is 9.40. The highest BCUT2D eigenvalue weighted by Crippen LogP contribution is 2.24. The molecule has 0 spiro atoms. The van der Waals surface area contributed by atoms with Crippen molar-refractivity contribution in [1.82, 2.24) is 15.2 Å². The molecule has 1 heterocycles. The highest BCUT2D eigenvalue weighted by molar-refractivity contribution is 5.33. The van der Waals surface area contributed by atoms with Crippen molar-refractivity contribution in [3.63, 3.8) is 0 Å². The monoisotopic (exact) mass is 241 g/mol. The van der Waals surface area contributed by atoms with E-state index in [0.29, 0.717) is 6.61 Å². The third-order valence-corrected chi connectivity index (χ3v) is 2.76. The smallest absolute Gasteiger partial charge is 0.342 e. The van der Waals surface area contributed by atoms with Gasteiger partial charge in [0.05, 0.1) is 12.1 Å². The second-order valence-electron chi connectivity index (χ2n) is 3.92. The number of ether oxygens (including phenoxy) is 1. The molecule has 0 aliphatic heterocycles. The minimum Gasteiger partial charge on any atom is -0.376 e. The zero-order valence-corrected chi connectivity index (χ0v) is 9.40. The van der Waals surface area contributed by atoms with E-state index in [2.05, 4.69) is 20.5 Å². The molecule has 8 nitrogen and oxygen atoms in total. The predicted molar refractivity (Wildman–Crippen MR) is 60.9 cm³/mol. The fraction of sp³-hybridized carbons (Fsp3) is 0.667. The molecule has 0 amide bonds. The van der Waals surface area contributed by atoms with Crippen molar-refractivity contribution in [1.29, 1.82) is 0 Å². The maximum absolute atomic E-state index is 11.4. The van der Waals surface area contributed by atoms with Crippen LogP contribution in [0, 0.1) is 0 Å². The minimum absolute atomic E-state index is 0.0249. The Morgan fingerprint density at radius 3 is 2.94 bits per heavy atom. The van der Waals surface area contributed by atoms with Crippen LogP contribution in [-0.4, -0.2) is 40.0 Å². The standard InChI is InChI=1S/C9H15N5O3/c1-2-17-5-3-4(10)6(5)11-7-8(15)12-9(16)14-13-7/h4-6H,2-3,10H2,1H3,(H,11,13)(H2,12,14,15,16). The van der Waals surface area contributed by atoms with Crippen molar-refractivity contribution >= 4 is 5.82 Å². The average molecular weight is 241 g/mol. The van der Waals surface area contributed by atoms with Gasteiger partial charge in [-0.2, -0.15) is 0 Å². The molecule has 1 fully saturated rings. The highest BCUT2D eigenvalue weighted by atomic mass is 16.5. The first-order valence-electron chi connectivity index (χ1n) is 5.44. The second-order valence-corrected chi connectivity index (χ2v) is 3.92. The number of anilines is 1. The summed E-state index contributed by atoms with van der Waals surface area (Å²) in [7, 11) is 0. The van der Waals surface area contributed by atoms with Crippen molar-refractivity contribution in [2.45, 2.75) is 31.5 Å². The van der Waals surface area contributed by atoms with E-state index in [4.69, 9.17) is 10.5 Å². The summed E-state index contributed by atoms with van der Waals surface area (Å²) in [6.07, 6.45) is 0.718. The molecular weight excluding hydrogens is 226 g/mol. The van der Waals surface area contributed by atoms with E-state index in [9.17, 15) is 9.59 Å². The van der Waals surface area contributed by atoms with Gasteiger partial charge in [-0.25, -0.2) is 9.89 Å². The third kappa shape index (κ3) is 2.37. The van der Waals surface area contributed by atoms with Crippen LogP contribution in [0.4, 0.5) is 5.82 Å². The van der Waals surface area contributed by atoms with Gasteiger partial charge in [-0.1, -0.05) is 0 Å². The van der Waals surface area contributed by atoms with E-state index in [1.807, 2.05) is 6.92 Å². The number of hydrogen-bond acceptors (Lipinski definition) is 6. The first-order valence-corrected chi connectivity index (χ1v) is 5.44. The van der Waals surface area contributed by atoms with Crippen molar-refractivity contribution < 1.29 is 4.74 Å². The first-order chi connectivity index (χ1) is 8.11. The van der Waals surface area contributed by atoms with Crippen LogP contribution in [0.15, 0.2) is 9.59 Å². The van der Waals surface area contributed by atoms with Gasteiger partial charge in [0.2, 0.25) is 5.82 Å². The van der Waals surface area contributed by atoms with E-state index in [1.54, 1.807) is 0 Å². The van der Waals surface area contributed by atoms with Crippen LogP contribution in [0.1, 0.15) is 13.3 Å². The second kappa shape index (κ2) is 4.68. The number of nitrogens with one attached hydrogen (secondary N) is 3. The molecule has 1 aromatic rings. The van der Waals surface area contributed by atoms with Gasteiger partial charge < -0.3 is 15.8 Å². The van der Waals surface area contributed by atoms with Gasteiger partial charge in [-0.3, -0.25) is 9.78 Å². The molecule has 94 valence electrons. The van der Waals surface area contributed by atoms with E-state index in [0.717, 1.165) is 6.42 Å². The molecule has 5 N–H and O–H groups in total. The molecular formula is C9H15N5O3. The fourth-order valence-corrected chi connectivity index (χ4v) is 1.83. The van der Waals surface area contributed by atoms with Crippen LogP contribution in [0.25, 0.3) is 0 Å². The minimum atomic E-state index is -0.639. The van der Waals surface area contributed by atoms with Crippen molar-refractivity contribution in [3.8, 4) is 0 Å². The summed E-state index contributed by atoms with van der Waals surface area (Å²) in [5.41, 5.74) is 4.61. The summed E-state index contributed by atoms with van der Waals surface area (Å²) in [5.74, 6) is 0.0504. The number of nitrogens with two attached hydrogens (primary N) is 1. The average Bonchev–Trinajstić information content (AvgIpc) is 2.27. The highest BCUT2D eigenvalue weighted by Gasteiger charge is 2.39. The number of aromatic nitrogens is 3. The van der Waals surface area contributed by atoms with E-state index in [1.165, 1.54) is 0 Å². The molecule has 0 radical (unpaired) electrons. The number of rotatable bonds is 4. The molecule has 1 aromatic heterocycles. The zero-order chi connectivity index (χ0) is 12.4. The molecule has 0 bridgehead atoms. The molecule has 3 atom stereocenters. The van der Waals surface area contributed by atoms with E-state index >= 15 is 0 Å². The van der Waals surface area contributed by atoms with Gasteiger partial charge in [-0.15, -0.1) is 5.10 Å². The Balaban J connectivity index is 2.09. The van der Waals surface area contributed by atoms with Gasteiger partial charge in [0.15, 0.2) is 0 Å². The SMILES string of the molecule is CCOC1CC(N)C1Nc1n[nH]c(=O)[nH]c1=O. The maximum atomic E-state index is 11.4. The van der Waals surface area contributed by atoms with Crippen LogP contribution >= 0.6 is 0 Å². The fourth-order valence-electron chi connectivity index (χ4n) is 1.83. The Morgan fingerprint density at radius 2 is 2.35 bits per heavy atom. The van der Waals surface area contributed by atoms with Gasteiger partial charge >= 0.3 is 5.69 Å². The van der Waals surface area contributed by atoms with Crippen molar-refractivity contribution in [2.24, 2.45) is 5.73 Å². The molecule has 17 heavy (non-hydrogen) atoms. The van der Waals surface area contributed by atoms with Crippen LogP contribution < -0.4 is 22.3 Å². The van der Waals surface area contributed by atoms with Gasteiger partial charge in [0.1, 0.15) is 0 Å². The quantitative estimate of drug-likeness (QED) is 0.501. The lowest BCUT2D eigenvalue weighted by Crippen LogP contribution is -2.61. The van der Waals surface area contributed by atoms with Crippen LogP contribution in [0.5, 0.6) is 0 Å².